The smallest absolute Gasteiger partial charge is 0.293 e. The Kier molecular flexibility index (Phi) is 5.96. The van der Waals surface area contributed by atoms with Gasteiger partial charge in [-0.1, -0.05) is 23.2 Å². The van der Waals surface area contributed by atoms with Gasteiger partial charge in [0.2, 0.25) is 0 Å². The predicted octanol–water partition coefficient (Wildman–Crippen LogP) is 4.29. The topological polar surface area (TPSA) is 71.3 Å². The van der Waals surface area contributed by atoms with Crippen molar-refractivity contribution in [3.05, 3.63) is 70.7 Å². The Morgan fingerprint density at radius 1 is 1.14 bits per heavy atom. The SMILES string of the molecule is CCN(C(=O)c1ccc(Cl)cc1)C(=O)N(C)c1cn(-c2cccnc2)nc1Cl. The lowest BCUT2D eigenvalue weighted by atomic mass is 10.2. The molecule has 0 unspecified atom stereocenters. The van der Waals surface area contributed by atoms with Crippen molar-refractivity contribution >= 4 is 40.8 Å². The monoisotopic (exact) mass is 417 g/mol. The normalized spacial score (nSPS) is 10.6. The Balaban J connectivity index is 1.85. The molecular formula is C19H17Cl2N5O2. The van der Waals surface area contributed by atoms with Gasteiger partial charge in [-0.3, -0.25) is 19.6 Å². The first-order valence-corrected chi connectivity index (χ1v) is 9.18. The second kappa shape index (κ2) is 8.41. The lowest BCUT2D eigenvalue weighted by molar-refractivity contribution is 0.0813. The van der Waals surface area contributed by atoms with E-state index in [-0.39, 0.29) is 11.7 Å². The van der Waals surface area contributed by atoms with Crippen LogP contribution < -0.4 is 4.90 Å². The standard InChI is InChI=1S/C19H17Cl2N5O2/c1-3-25(18(27)13-6-8-14(20)9-7-13)19(28)24(2)16-12-26(23-17(16)21)15-5-4-10-22-11-15/h4-12H,3H2,1-2H3. The Morgan fingerprint density at radius 3 is 2.46 bits per heavy atom. The summed E-state index contributed by atoms with van der Waals surface area (Å²) in [6.07, 6.45) is 4.88. The van der Waals surface area contributed by atoms with Gasteiger partial charge < -0.3 is 0 Å². The van der Waals surface area contributed by atoms with Crippen LogP contribution in [0.15, 0.2) is 55.0 Å². The molecular weight excluding hydrogens is 401 g/mol. The van der Waals surface area contributed by atoms with Crippen LogP contribution in [0.2, 0.25) is 10.2 Å². The molecule has 0 radical (unpaired) electrons. The van der Waals surface area contributed by atoms with Gasteiger partial charge >= 0.3 is 6.03 Å². The zero-order chi connectivity index (χ0) is 20.3. The summed E-state index contributed by atoms with van der Waals surface area (Å²) in [6.45, 7) is 1.92. The van der Waals surface area contributed by atoms with Gasteiger partial charge in [0.05, 0.1) is 18.1 Å². The Morgan fingerprint density at radius 2 is 1.86 bits per heavy atom. The average molecular weight is 418 g/mol. The highest BCUT2D eigenvalue weighted by Gasteiger charge is 2.27. The number of amides is 3. The fraction of sp³-hybridized carbons (Fsp3) is 0.158. The largest absolute Gasteiger partial charge is 0.331 e. The Hall–Kier alpha value is -2.90. The van der Waals surface area contributed by atoms with Crippen molar-refractivity contribution in [3.63, 3.8) is 0 Å². The van der Waals surface area contributed by atoms with Crippen LogP contribution in [0.1, 0.15) is 17.3 Å². The number of urea groups is 1. The third-order valence-electron chi connectivity index (χ3n) is 4.09. The molecule has 0 atom stereocenters. The molecule has 0 aliphatic rings. The second-order valence-corrected chi connectivity index (χ2v) is 6.65. The zero-order valence-corrected chi connectivity index (χ0v) is 16.7. The first-order valence-electron chi connectivity index (χ1n) is 8.43. The van der Waals surface area contributed by atoms with Crippen LogP contribution in [0, 0.1) is 0 Å². The lowest BCUT2D eigenvalue weighted by Gasteiger charge is -2.25. The van der Waals surface area contributed by atoms with Gasteiger partial charge in [-0.15, -0.1) is 0 Å². The number of anilines is 1. The number of pyridine rings is 1. The van der Waals surface area contributed by atoms with Crippen LogP contribution in [0.4, 0.5) is 10.5 Å². The van der Waals surface area contributed by atoms with Gasteiger partial charge in [0, 0.05) is 30.4 Å². The third kappa shape index (κ3) is 4.00. The van der Waals surface area contributed by atoms with E-state index in [1.165, 1.54) is 16.6 Å². The van der Waals surface area contributed by atoms with E-state index in [0.29, 0.717) is 22.0 Å². The van der Waals surface area contributed by atoms with Crippen molar-refractivity contribution in [2.24, 2.45) is 0 Å². The molecule has 28 heavy (non-hydrogen) atoms. The zero-order valence-electron chi connectivity index (χ0n) is 15.2. The van der Waals surface area contributed by atoms with Crippen molar-refractivity contribution in [2.75, 3.05) is 18.5 Å². The van der Waals surface area contributed by atoms with Gasteiger partial charge in [-0.05, 0) is 43.3 Å². The molecule has 0 spiro atoms. The number of nitrogens with zero attached hydrogens (tertiary/aromatic N) is 5. The predicted molar refractivity (Wildman–Crippen MR) is 108 cm³/mol. The summed E-state index contributed by atoms with van der Waals surface area (Å²) in [4.78, 5) is 32.2. The Labute approximate surface area is 172 Å². The molecule has 0 fully saturated rings. The van der Waals surface area contributed by atoms with E-state index in [0.717, 1.165) is 4.90 Å². The van der Waals surface area contributed by atoms with Gasteiger partial charge in [0.25, 0.3) is 5.91 Å². The number of rotatable bonds is 4. The van der Waals surface area contributed by atoms with E-state index in [1.54, 1.807) is 55.8 Å². The summed E-state index contributed by atoms with van der Waals surface area (Å²) in [5, 5.41) is 4.86. The van der Waals surface area contributed by atoms with Gasteiger partial charge in [-0.25, -0.2) is 9.48 Å². The van der Waals surface area contributed by atoms with Crippen molar-refractivity contribution < 1.29 is 9.59 Å². The van der Waals surface area contributed by atoms with E-state index in [4.69, 9.17) is 23.2 Å². The van der Waals surface area contributed by atoms with Crippen LogP contribution in [0.5, 0.6) is 0 Å². The van der Waals surface area contributed by atoms with E-state index in [9.17, 15) is 9.59 Å². The van der Waals surface area contributed by atoms with Gasteiger partial charge in [0.1, 0.15) is 5.69 Å². The minimum atomic E-state index is -0.518. The molecule has 3 amide bonds. The summed E-state index contributed by atoms with van der Waals surface area (Å²) >= 11 is 12.1. The molecule has 0 aliphatic carbocycles. The molecule has 144 valence electrons. The molecule has 0 saturated carbocycles. The molecule has 1 aromatic carbocycles. The summed E-state index contributed by atoms with van der Waals surface area (Å²) in [5.41, 5.74) is 1.43. The molecule has 0 N–H and O–H groups in total. The van der Waals surface area contributed by atoms with E-state index < -0.39 is 11.9 Å². The van der Waals surface area contributed by atoms with Crippen molar-refractivity contribution in [3.8, 4) is 5.69 Å². The molecule has 7 nitrogen and oxygen atoms in total. The summed E-state index contributed by atoms with van der Waals surface area (Å²) in [7, 11) is 1.54. The highest BCUT2D eigenvalue weighted by atomic mass is 35.5. The summed E-state index contributed by atoms with van der Waals surface area (Å²) in [6, 6.07) is 9.42. The molecule has 0 aliphatic heterocycles. The highest BCUT2D eigenvalue weighted by molar-refractivity contribution is 6.32. The van der Waals surface area contributed by atoms with Crippen LogP contribution in [-0.2, 0) is 0 Å². The molecule has 3 rings (SSSR count). The minimum Gasteiger partial charge on any atom is -0.293 e. The number of imide groups is 1. The lowest BCUT2D eigenvalue weighted by Crippen LogP contribution is -2.44. The van der Waals surface area contributed by atoms with E-state index in [2.05, 4.69) is 10.1 Å². The van der Waals surface area contributed by atoms with Crippen LogP contribution in [0.25, 0.3) is 5.69 Å². The number of hydrogen-bond acceptors (Lipinski definition) is 4. The van der Waals surface area contributed by atoms with Crippen molar-refractivity contribution in [1.82, 2.24) is 19.7 Å². The second-order valence-electron chi connectivity index (χ2n) is 5.86. The third-order valence-corrected chi connectivity index (χ3v) is 4.61. The van der Waals surface area contributed by atoms with Gasteiger partial charge in [0.15, 0.2) is 5.15 Å². The molecule has 2 heterocycles. The van der Waals surface area contributed by atoms with Crippen molar-refractivity contribution in [1.29, 1.82) is 0 Å². The van der Waals surface area contributed by atoms with Crippen molar-refractivity contribution in [2.45, 2.75) is 6.92 Å². The average Bonchev–Trinajstić information content (AvgIpc) is 3.10. The first kappa shape index (κ1) is 19.9. The van der Waals surface area contributed by atoms with E-state index in [1.807, 2.05) is 6.07 Å². The molecule has 2 aromatic heterocycles. The summed E-state index contributed by atoms with van der Waals surface area (Å²) in [5.74, 6) is -0.424. The summed E-state index contributed by atoms with van der Waals surface area (Å²) < 4.78 is 1.52. The molecule has 0 bridgehead atoms. The number of halogens is 2. The number of aromatic nitrogens is 3. The fourth-order valence-electron chi connectivity index (χ4n) is 2.59. The number of hydrogen-bond donors (Lipinski definition) is 0. The minimum absolute atomic E-state index is 0.134. The quantitative estimate of drug-likeness (QED) is 0.634. The Bertz CT molecular complexity index is 989. The molecule has 3 aromatic rings. The molecule has 9 heteroatoms. The maximum Gasteiger partial charge on any atom is 0.331 e. The first-order chi connectivity index (χ1) is 13.4. The molecule has 0 saturated heterocycles. The van der Waals surface area contributed by atoms with Crippen LogP contribution in [-0.4, -0.2) is 45.2 Å². The number of benzene rings is 1. The van der Waals surface area contributed by atoms with Gasteiger partial charge in [-0.2, -0.15) is 5.10 Å². The maximum atomic E-state index is 13.0. The number of carbonyl (C=O) groups is 2. The van der Waals surface area contributed by atoms with E-state index >= 15 is 0 Å². The fourth-order valence-corrected chi connectivity index (χ4v) is 2.97. The number of carbonyl (C=O) groups excluding carboxylic acids is 2. The maximum absolute atomic E-state index is 13.0. The highest BCUT2D eigenvalue weighted by Crippen LogP contribution is 2.26. The van der Waals surface area contributed by atoms with Crippen LogP contribution >= 0.6 is 23.2 Å². The van der Waals surface area contributed by atoms with Crippen LogP contribution in [0.3, 0.4) is 0 Å².